The van der Waals surface area contributed by atoms with Gasteiger partial charge in [0, 0.05) is 18.1 Å². The summed E-state index contributed by atoms with van der Waals surface area (Å²) in [6.07, 6.45) is 1.47. The Morgan fingerprint density at radius 2 is 2.09 bits per heavy atom. The highest BCUT2D eigenvalue weighted by atomic mass is 32.1. The van der Waals surface area contributed by atoms with Crippen molar-refractivity contribution in [2.45, 2.75) is 32.8 Å². The zero-order valence-corrected chi connectivity index (χ0v) is 14.3. The van der Waals surface area contributed by atoms with Gasteiger partial charge >= 0.3 is 0 Å². The van der Waals surface area contributed by atoms with Crippen LogP contribution in [0, 0.1) is 0 Å². The molecule has 3 aromatic rings. The normalized spacial score (nSPS) is 12.5. The Bertz CT molecular complexity index is 782. The molecule has 0 saturated heterocycles. The van der Waals surface area contributed by atoms with E-state index in [-0.39, 0.29) is 6.10 Å². The van der Waals surface area contributed by atoms with Crippen LogP contribution in [0.3, 0.4) is 0 Å². The van der Waals surface area contributed by atoms with E-state index in [0.717, 1.165) is 22.7 Å². The molecule has 1 atom stereocenters. The largest absolute Gasteiger partial charge is 0.375 e. The Hall–Kier alpha value is -2.05. The lowest BCUT2D eigenvalue weighted by Crippen LogP contribution is -1.96. The van der Waals surface area contributed by atoms with E-state index in [9.17, 15) is 0 Å². The van der Waals surface area contributed by atoms with E-state index < -0.39 is 0 Å². The molecule has 0 radical (unpaired) electrons. The van der Waals surface area contributed by atoms with Gasteiger partial charge in [0.25, 0.3) is 0 Å². The highest BCUT2D eigenvalue weighted by Gasteiger charge is 2.14. The van der Waals surface area contributed by atoms with Gasteiger partial charge in [-0.1, -0.05) is 36.3 Å². The number of thiazole rings is 1. The third-order valence-corrected chi connectivity index (χ3v) is 4.77. The topological polar surface area (TPSA) is 61.0 Å². The second kappa shape index (κ2) is 7.02. The number of ether oxygens (including phenoxy) is 1. The Labute approximate surface area is 139 Å². The fraction of sp³-hybridized carbons (Fsp3) is 0.353. The van der Waals surface area contributed by atoms with Crippen LogP contribution in [-0.4, -0.2) is 22.2 Å². The maximum absolute atomic E-state index is 5.39. The van der Waals surface area contributed by atoms with Crippen LogP contribution in [0.5, 0.6) is 0 Å². The standard InChI is InChI=1S/C17H19N3O2S/c1-4-12-7-5-6-8-14(12)16-19-15(22-20-16)9-13-10-23-17(18-13)11(2)21-3/h5-8,10-11H,4,9H2,1-3H3/t11-/m1/s1. The fourth-order valence-electron chi connectivity index (χ4n) is 2.33. The summed E-state index contributed by atoms with van der Waals surface area (Å²) in [5, 5.41) is 7.08. The number of hydrogen-bond acceptors (Lipinski definition) is 6. The molecule has 6 heteroatoms. The van der Waals surface area contributed by atoms with Crippen molar-refractivity contribution in [3.63, 3.8) is 0 Å². The number of aryl methyl sites for hydroxylation is 1. The van der Waals surface area contributed by atoms with Gasteiger partial charge in [-0.3, -0.25) is 0 Å². The highest BCUT2D eigenvalue weighted by Crippen LogP contribution is 2.24. The number of hydrogen-bond donors (Lipinski definition) is 0. The summed E-state index contributed by atoms with van der Waals surface area (Å²) in [6.45, 7) is 4.10. The lowest BCUT2D eigenvalue weighted by atomic mass is 10.1. The second-order valence-corrected chi connectivity index (χ2v) is 6.14. The summed E-state index contributed by atoms with van der Waals surface area (Å²) in [6, 6.07) is 8.12. The minimum absolute atomic E-state index is 0.00317. The Morgan fingerprint density at radius 3 is 2.87 bits per heavy atom. The fourth-order valence-corrected chi connectivity index (χ4v) is 3.18. The van der Waals surface area contributed by atoms with Crippen molar-refractivity contribution in [1.29, 1.82) is 0 Å². The van der Waals surface area contributed by atoms with Crippen molar-refractivity contribution in [2.24, 2.45) is 0 Å². The van der Waals surface area contributed by atoms with Gasteiger partial charge in [-0.15, -0.1) is 11.3 Å². The van der Waals surface area contributed by atoms with Gasteiger partial charge in [-0.25, -0.2) is 4.98 Å². The minimum atomic E-state index is 0.00317. The van der Waals surface area contributed by atoms with Gasteiger partial charge < -0.3 is 9.26 Å². The first-order valence-electron chi connectivity index (χ1n) is 7.59. The predicted octanol–water partition coefficient (Wildman–Crippen LogP) is 4.05. The third kappa shape index (κ3) is 3.48. The zero-order chi connectivity index (χ0) is 16.2. The molecule has 23 heavy (non-hydrogen) atoms. The van der Waals surface area contributed by atoms with Crippen LogP contribution in [0.1, 0.15) is 42.1 Å². The maximum atomic E-state index is 5.39. The van der Waals surface area contributed by atoms with Gasteiger partial charge in [0.05, 0.1) is 12.1 Å². The number of aromatic nitrogens is 3. The van der Waals surface area contributed by atoms with Crippen LogP contribution < -0.4 is 0 Å². The molecule has 0 saturated carbocycles. The first-order chi connectivity index (χ1) is 11.2. The van der Waals surface area contributed by atoms with Gasteiger partial charge in [-0.2, -0.15) is 4.98 Å². The van der Waals surface area contributed by atoms with E-state index >= 15 is 0 Å². The summed E-state index contributed by atoms with van der Waals surface area (Å²) < 4.78 is 10.7. The van der Waals surface area contributed by atoms with Crippen molar-refractivity contribution in [3.05, 3.63) is 51.8 Å². The van der Waals surface area contributed by atoms with Crippen molar-refractivity contribution in [1.82, 2.24) is 15.1 Å². The summed E-state index contributed by atoms with van der Waals surface area (Å²) in [4.78, 5) is 9.07. The lowest BCUT2D eigenvalue weighted by Gasteiger charge is -2.03. The van der Waals surface area contributed by atoms with Gasteiger partial charge in [0.1, 0.15) is 11.1 Å². The van der Waals surface area contributed by atoms with E-state index in [2.05, 4.69) is 28.1 Å². The molecular weight excluding hydrogens is 310 g/mol. The molecule has 2 heterocycles. The molecule has 0 spiro atoms. The first kappa shape index (κ1) is 15.8. The first-order valence-corrected chi connectivity index (χ1v) is 8.47. The van der Waals surface area contributed by atoms with Crippen molar-refractivity contribution in [2.75, 3.05) is 7.11 Å². The molecule has 0 aliphatic rings. The molecule has 0 N–H and O–H groups in total. The molecular formula is C17H19N3O2S. The summed E-state index contributed by atoms with van der Waals surface area (Å²) >= 11 is 1.58. The Balaban J connectivity index is 1.78. The van der Waals surface area contributed by atoms with Crippen molar-refractivity contribution < 1.29 is 9.26 Å². The third-order valence-electron chi connectivity index (χ3n) is 3.71. The molecule has 0 bridgehead atoms. The van der Waals surface area contributed by atoms with E-state index in [1.807, 2.05) is 30.5 Å². The molecule has 120 valence electrons. The highest BCUT2D eigenvalue weighted by molar-refractivity contribution is 7.09. The van der Waals surface area contributed by atoms with E-state index in [4.69, 9.17) is 9.26 Å². The number of benzene rings is 1. The van der Waals surface area contributed by atoms with E-state index in [0.29, 0.717) is 18.1 Å². The summed E-state index contributed by atoms with van der Waals surface area (Å²) in [7, 11) is 1.68. The second-order valence-electron chi connectivity index (χ2n) is 5.25. The number of methoxy groups -OCH3 is 1. The average Bonchev–Trinajstić information content (AvgIpc) is 3.24. The molecule has 0 fully saturated rings. The van der Waals surface area contributed by atoms with Crippen LogP contribution in [0.2, 0.25) is 0 Å². The van der Waals surface area contributed by atoms with Crippen LogP contribution in [0.15, 0.2) is 34.2 Å². The number of nitrogens with zero attached hydrogens (tertiary/aromatic N) is 3. The van der Waals surface area contributed by atoms with Crippen LogP contribution >= 0.6 is 11.3 Å². The molecule has 5 nitrogen and oxygen atoms in total. The van der Waals surface area contributed by atoms with Crippen LogP contribution in [-0.2, 0) is 17.6 Å². The molecule has 0 aliphatic carbocycles. The summed E-state index contributed by atoms with van der Waals surface area (Å²) in [5.41, 5.74) is 3.16. The molecule has 2 aromatic heterocycles. The van der Waals surface area contributed by atoms with E-state index in [1.54, 1.807) is 18.4 Å². The van der Waals surface area contributed by atoms with Gasteiger partial charge in [0.2, 0.25) is 11.7 Å². The van der Waals surface area contributed by atoms with Crippen molar-refractivity contribution in [3.8, 4) is 11.4 Å². The molecule has 0 amide bonds. The molecule has 1 aromatic carbocycles. The average molecular weight is 329 g/mol. The van der Waals surface area contributed by atoms with E-state index in [1.165, 1.54) is 5.56 Å². The zero-order valence-electron chi connectivity index (χ0n) is 13.4. The van der Waals surface area contributed by atoms with Gasteiger partial charge in [0.15, 0.2) is 0 Å². The Kier molecular flexibility index (Phi) is 4.83. The van der Waals surface area contributed by atoms with Crippen LogP contribution in [0.4, 0.5) is 0 Å². The predicted molar refractivity (Wildman–Crippen MR) is 89.5 cm³/mol. The quantitative estimate of drug-likeness (QED) is 0.682. The maximum Gasteiger partial charge on any atom is 0.233 e. The molecule has 0 aliphatic heterocycles. The number of rotatable bonds is 6. The SMILES string of the molecule is CCc1ccccc1-c1noc(Cc2csc([C@@H](C)OC)n2)n1. The van der Waals surface area contributed by atoms with Crippen molar-refractivity contribution >= 4 is 11.3 Å². The lowest BCUT2D eigenvalue weighted by molar-refractivity contribution is 0.119. The smallest absolute Gasteiger partial charge is 0.233 e. The Morgan fingerprint density at radius 1 is 1.26 bits per heavy atom. The minimum Gasteiger partial charge on any atom is -0.375 e. The summed E-state index contributed by atoms with van der Waals surface area (Å²) in [5.74, 6) is 1.21. The van der Waals surface area contributed by atoms with Gasteiger partial charge in [-0.05, 0) is 18.9 Å². The molecule has 3 rings (SSSR count). The van der Waals surface area contributed by atoms with Crippen LogP contribution in [0.25, 0.3) is 11.4 Å². The molecule has 0 unspecified atom stereocenters. The monoisotopic (exact) mass is 329 g/mol.